The highest BCUT2D eigenvalue weighted by atomic mass is 14.9. The number of likely N-dealkylation sites (N-methyl/N-ethyl adjacent to an activating group) is 1. The standard InChI is InChI=1S/C20H25N/c1-12-10-13(2)15(4)19(14(12)3)20(21-5)18-11-16-8-6-7-9-17(16)18/h6-10,18,20-21H,11H2,1-5H3. The zero-order chi connectivity index (χ0) is 15.1. The van der Waals surface area contributed by atoms with Gasteiger partial charge in [0, 0.05) is 12.0 Å². The van der Waals surface area contributed by atoms with E-state index >= 15 is 0 Å². The number of hydrogen-bond donors (Lipinski definition) is 1. The molecule has 0 bridgehead atoms. The van der Waals surface area contributed by atoms with Crippen LogP contribution in [0.15, 0.2) is 30.3 Å². The lowest BCUT2D eigenvalue weighted by molar-refractivity contribution is 0.435. The highest BCUT2D eigenvalue weighted by Crippen LogP contribution is 2.45. The first kappa shape index (κ1) is 14.3. The first-order valence-corrected chi connectivity index (χ1v) is 7.87. The van der Waals surface area contributed by atoms with Crippen LogP contribution in [0.5, 0.6) is 0 Å². The molecule has 2 unspecified atom stereocenters. The minimum Gasteiger partial charge on any atom is -0.312 e. The van der Waals surface area contributed by atoms with Gasteiger partial charge in [0.15, 0.2) is 0 Å². The molecular formula is C20H25N. The SMILES string of the molecule is CNC(c1c(C)c(C)cc(C)c1C)C1Cc2ccccc21. The summed E-state index contributed by atoms with van der Waals surface area (Å²) in [6.07, 6.45) is 1.19. The lowest BCUT2D eigenvalue weighted by Gasteiger charge is -2.38. The third-order valence-electron chi connectivity index (χ3n) is 5.34. The van der Waals surface area contributed by atoms with E-state index in [4.69, 9.17) is 0 Å². The molecule has 1 aliphatic carbocycles. The Bertz CT molecular complexity index is 658. The van der Waals surface area contributed by atoms with Gasteiger partial charge < -0.3 is 5.32 Å². The maximum absolute atomic E-state index is 3.60. The van der Waals surface area contributed by atoms with Crippen LogP contribution in [0.3, 0.4) is 0 Å². The van der Waals surface area contributed by atoms with Gasteiger partial charge in [0.2, 0.25) is 0 Å². The fraction of sp³-hybridized carbons (Fsp3) is 0.400. The molecule has 110 valence electrons. The molecule has 1 N–H and O–H groups in total. The van der Waals surface area contributed by atoms with Gasteiger partial charge in [-0.1, -0.05) is 30.3 Å². The molecule has 2 atom stereocenters. The highest BCUT2D eigenvalue weighted by molar-refractivity contribution is 5.50. The van der Waals surface area contributed by atoms with Gasteiger partial charge in [0.25, 0.3) is 0 Å². The van der Waals surface area contributed by atoms with Crippen molar-refractivity contribution >= 4 is 0 Å². The van der Waals surface area contributed by atoms with Gasteiger partial charge in [0.05, 0.1) is 0 Å². The third kappa shape index (κ3) is 2.20. The summed E-state index contributed by atoms with van der Waals surface area (Å²) in [7, 11) is 2.10. The van der Waals surface area contributed by atoms with E-state index in [1.54, 1.807) is 0 Å². The van der Waals surface area contributed by atoms with Gasteiger partial charge in [-0.15, -0.1) is 0 Å². The number of fused-ring (bicyclic) bond motifs is 1. The molecule has 1 nitrogen and oxygen atoms in total. The van der Waals surface area contributed by atoms with Gasteiger partial charge in [-0.2, -0.15) is 0 Å². The monoisotopic (exact) mass is 279 g/mol. The summed E-state index contributed by atoms with van der Waals surface area (Å²) in [4.78, 5) is 0. The lowest BCUT2D eigenvalue weighted by atomic mass is 9.70. The minimum atomic E-state index is 0.415. The molecule has 0 spiro atoms. The van der Waals surface area contributed by atoms with Gasteiger partial charge in [-0.3, -0.25) is 0 Å². The molecule has 2 aromatic rings. The lowest BCUT2D eigenvalue weighted by Crippen LogP contribution is -2.32. The predicted molar refractivity (Wildman–Crippen MR) is 90.1 cm³/mol. The van der Waals surface area contributed by atoms with Gasteiger partial charge in [0.1, 0.15) is 0 Å². The molecule has 0 aliphatic heterocycles. The summed E-state index contributed by atoms with van der Waals surface area (Å²) >= 11 is 0. The predicted octanol–water partition coefficient (Wildman–Crippen LogP) is 4.52. The van der Waals surface area contributed by atoms with Crippen LogP contribution in [0.2, 0.25) is 0 Å². The quantitative estimate of drug-likeness (QED) is 0.871. The van der Waals surface area contributed by atoms with Gasteiger partial charge in [-0.05, 0) is 80.1 Å². The number of nitrogens with one attached hydrogen (secondary N) is 1. The minimum absolute atomic E-state index is 0.415. The molecule has 21 heavy (non-hydrogen) atoms. The third-order valence-corrected chi connectivity index (χ3v) is 5.34. The normalized spacial score (nSPS) is 18.0. The molecule has 0 radical (unpaired) electrons. The molecule has 3 rings (SSSR count). The first-order valence-electron chi connectivity index (χ1n) is 7.87. The Morgan fingerprint density at radius 3 is 2.19 bits per heavy atom. The van der Waals surface area contributed by atoms with Crippen molar-refractivity contribution in [3.8, 4) is 0 Å². The van der Waals surface area contributed by atoms with Crippen molar-refractivity contribution in [3.05, 3.63) is 69.3 Å². The van der Waals surface area contributed by atoms with Gasteiger partial charge >= 0.3 is 0 Å². The van der Waals surface area contributed by atoms with E-state index in [0.29, 0.717) is 12.0 Å². The number of benzene rings is 2. The number of hydrogen-bond acceptors (Lipinski definition) is 1. The van der Waals surface area contributed by atoms with E-state index in [0.717, 1.165) is 0 Å². The molecule has 0 saturated heterocycles. The zero-order valence-electron chi connectivity index (χ0n) is 13.7. The Hall–Kier alpha value is -1.60. The van der Waals surface area contributed by atoms with Crippen LogP contribution in [0.25, 0.3) is 0 Å². The second-order valence-corrected chi connectivity index (χ2v) is 6.45. The molecule has 0 fully saturated rings. The van der Waals surface area contributed by atoms with Crippen LogP contribution in [0.4, 0.5) is 0 Å². The summed E-state index contributed by atoms with van der Waals surface area (Å²) in [5.41, 5.74) is 10.2. The Kier molecular flexibility index (Phi) is 3.62. The van der Waals surface area contributed by atoms with Crippen molar-refractivity contribution in [2.75, 3.05) is 7.05 Å². The maximum Gasteiger partial charge on any atom is 0.0395 e. The van der Waals surface area contributed by atoms with Crippen LogP contribution in [0.1, 0.15) is 50.9 Å². The first-order chi connectivity index (χ1) is 10.0. The Morgan fingerprint density at radius 2 is 1.62 bits per heavy atom. The van der Waals surface area contributed by atoms with Gasteiger partial charge in [-0.25, -0.2) is 0 Å². The molecule has 0 heterocycles. The second-order valence-electron chi connectivity index (χ2n) is 6.45. The molecule has 2 aromatic carbocycles. The summed E-state index contributed by atoms with van der Waals surface area (Å²) in [5.74, 6) is 0.602. The van der Waals surface area contributed by atoms with Crippen LogP contribution in [-0.4, -0.2) is 7.05 Å². The largest absolute Gasteiger partial charge is 0.312 e. The van der Waals surface area contributed by atoms with Crippen LogP contribution in [-0.2, 0) is 6.42 Å². The van der Waals surface area contributed by atoms with Crippen LogP contribution < -0.4 is 5.32 Å². The topological polar surface area (TPSA) is 12.0 Å². The Balaban J connectivity index is 2.07. The van der Waals surface area contributed by atoms with E-state index in [1.807, 2.05) is 0 Å². The maximum atomic E-state index is 3.60. The molecule has 0 saturated carbocycles. The molecule has 0 amide bonds. The molecule has 1 aliphatic rings. The molecule has 0 aromatic heterocycles. The van der Waals surface area contributed by atoms with Crippen molar-refractivity contribution < 1.29 is 0 Å². The van der Waals surface area contributed by atoms with E-state index in [-0.39, 0.29) is 0 Å². The van der Waals surface area contributed by atoms with Crippen LogP contribution >= 0.6 is 0 Å². The number of aryl methyl sites for hydroxylation is 2. The van der Waals surface area contributed by atoms with Crippen molar-refractivity contribution in [2.24, 2.45) is 0 Å². The zero-order valence-corrected chi connectivity index (χ0v) is 13.7. The number of rotatable bonds is 3. The Labute approximate surface area is 128 Å². The van der Waals surface area contributed by atoms with E-state index in [1.165, 1.54) is 45.4 Å². The average Bonchev–Trinajstić information content (AvgIpc) is 2.45. The van der Waals surface area contributed by atoms with Crippen molar-refractivity contribution in [3.63, 3.8) is 0 Å². The van der Waals surface area contributed by atoms with Crippen molar-refractivity contribution in [1.82, 2.24) is 5.32 Å². The highest BCUT2D eigenvalue weighted by Gasteiger charge is 2.34. The second kappa shape index (κ2) is 5.31. The van der Waals surface area contributed by atoms with Crippen molar-refractivity contribution in [1.29, 1.82) is 0 Å². The fourth-order valence-corrected chi connectivity index (χ4v) is 3.86. The van der Waals surface area contributed by atoms with Crippen molar-refractivity contribution in [2.45, 2.75) is 46.1 Å². The summed E-state index contributed by atoms with van der Waals surface area (Å²) < 4.78 is 0. The van der Waals surface area contributed by atoms with Crippen LogP contribution in [0, 0.1) is 27.7 Å². The Morgan fingerprint density at radius 1 is 1.00 bits per heavy atom. The average molecular weight is 279 g/mol. The summed E-state index contributed by atoms with van der Waals surface area (Å²) in [6, 6.07) is 11.6. The molecule has 1 heteroatoms. The van der Waals surface area contributed by atoms with E-state index < -0.39 is 0 Å². The summed E-state index contributed by atoms with van der Waals surface area (Å²) in [6.45, 7) is 9.00. The van der Waals surface area contributed by atoms with E-state index in [2.05, 4.69) is 70.4 Å². The van der Waals surface area contributed by atoms with E-state index in [9.17, 15) is 0 Å². The summed E-state index contributed by atoms with van der Waals surface area (Å²) in [5, 5.41) is 3.60. The molecular weight excluding hydrogens is 254 g/mol. The fourth-order valence-electron chi connectivity index (χ4n) is 3.86. The smallest absolute Gasteiger partial charge is 0.0395 e.